The SMILES string of the molecule is CCc1nn(C)cc1CNCCC1CCCO1. The second-order valence-electron chi connectivity index (χ2n) is 4.73. The predicted octanol–water partition coefficient (Wildman–Crippen LogP) is 1.64. The topological polar surface area (TPSA) is 39.1 Å². The van der Waals surface area contributed by atoms with Crippen LogP contribution in [0.15, 0.2) is 6.20 Å². The molecule has 0 radical (unpaired) electrons. The van der Waals surface area contributed by atoms with E-state index in [4.69, 9.17) is 4.74 Å². The number of hydrogen-bond donors (Lipinski definition) is 1. The number of nitrogens with one attached hydrogen (secondary N) is 1. The van der Waals surface area contributed by atoms with Crippen LogP contribution in [0.25, 0.3) is 0 Å². The molecule has 0 saturated carbocycles. The van der Waals surface area contributed by atoms with E-state index in [9.17, 15) is 0 Å². The molecule has 0 amide bonds. The standard InChI is InChI=1S/C13H23N3O/c1-3-13-11(10-16(2)15-13)9-14-7-6-12-5-4-8-17-12/h10,12,14H,3-9H2,1-2H3. The normalized spacial score (nSPS) is 20.0. The van der Waals surface area contributed by atoms with Crippen LogP contribution in [0.5, 0.6) is 0 Å². The Balaban J connectivity index is 1.70. The first-order valence-corrected chi connectivity index (χ1v) is 6.63. The molecule has 1 unspecified atom stereocenters. The van der Waals surface area contributed by atoms with Crippen molar-refractivity contribution in [3.63, 3.8) is 0 Å². The van der Waals surface area contributed by atoms with Crippen LogP contribution >= 0.6 is 0 Å². The fraction of sp³-hybridized carbons (Fsp3) is 0.769. The Morgan fingerprint density at radius 2 is 2.47 bits per heavy atom. The number of ether oxygens (including phenoxy) is 1. The predicted molar refractivity (Wildman–Crippen MR) is 67.9 cm³/mol. The van der Waals surface area contributed by atoms with Gasteiger partial charge in [0, 0.05) is 32.0 Å². The van der Waals surface area contributed by atoms with Crippen LogP contribution in [0.4, 0.5) is 0 Å². The first-order valence-electron chi connectivity index (χ1n) is 6.63. The third-order valence-corrected chi connectivity index (χ3v) is 3.31. The van der Waals surface area contributed by atoms with Gasteiger partial charge in [-0.15, -0.1) is 0 Å². The lowest BCUT2D eigenvalue weighted by molar-refractivity contribution is 0.104. The van der Waals surface area contributed by atoms with Crippen LogP contribution in [0.3, 0.4) is 0 Å². The Morgan fingerprint density at radius 1 is 1.59 bits per heavy atom. The van der Waals surface area contributed by atoms with Gasteiger partial charge in [0.05, 0.1) is 11.8 Å². The van der Waals surface area contributed by atoms with E-state index in [-0.39, 0.29) is 0 Å². The van der Waals surface area contributed by atoms with Crippen molar-refractivity contribution >= 4 is 0 Å². The van der Waals surface area contributed by atoms with Crippen molar-refractivity contribution in [2.45, 2.75) is 45.3 Å². The molecule has 1 aromatic heterocycles. The molecule has 0 aliphatic carbocycles. The Morgan fingerprint density at radius 3 is 3.18 bits per heavy atom. The molecule has 1 saturated heterocycles. The fourth-order valence-electron chi connectivity index (χ4n) is 2.39. The lowest BCUT2D eigenvalue weighted by atomic mass is 10.2. The molecule has 0 bridgehead atoms. The van der Waals surface area contributed by atoms with Crippen LogP contribution < -0.4 is 5.32 Å². The highest BCUT2D eigenvalue weighted by molar-refractivity contribution is 5.16. The molecule has 0 aromatic carbocycles. The van der Waals surface area contributed by atoms with Crippen molar-refractivity contribution in [2.24, 2.45) is 7.05 Å². The van der Waals surface area contributed by atoms with Gasteiger partial charge in [0.2, 0.25) is 0 Å². The van der Waals surface area contributed by atoms with Crippen molar-refractivity contribution in [1.29, 1.82) is 0 Å². The zero-order chi connectivity index (χ0) is 12.1. The third kappa shape index (κ3) is 3.54. The highest BCUT2D eigenvalue weighted by atomic mass is 16.5. The summed E-state index contributed by atoms with van der Waals surface area (Å²) in [6.45, 7) is 5.05. The Hall–Kier alpha value is -0.870. The molecule has 1 fully saturated rings. The van der Waals surface area contributed by atoms with Crippen LogP contribution in [0.2, 0.25) is 0 Å². The van der Waals surface area contributed by atoms with E-state index in [2.05, 4.69) is 23.5 Å². The summed E-state index contributed by atoms with van der Waals surface area (Å²) in [5, 5.41) is 7.92. The highest BCUT2D eigenvalue weighted by Crippen LogP contribution is 2.14. The van der Waals surface area contributed by atoms with Gasteiger partial charge >= 0.3 is 0 Å². The molecule has 1 atom stereocenters. The number of nitrogens with zero attached hydrogens (tertiary/aromatic N) is 2. The first-order chi connectivity index (χ1) is 8.29. The second-order valence-corrected chi connectivity index (χ2v) is 4.73. The Bertz CT molecular complexity index is 342. The molecule has 4 heteroatoms. The zero-order valence-corrected chi connectivity index (χ0v) is 10.9. The quantitative estimate of drug-likeness (QED) is 0.765. The molecule has 4 nitrogen and oxygen atoms in total. The van der Waals surface area contributed by atoms with E-state index in [1.54, 1.807) is 0 Å². The summed E-state index contributed by atoms with van der Waals surface area (Å²) in [4.78, 5) is 0. The molecule has 96 valence electrons. The molecule has 1 aromatic rings. The maximum atomic E-state index is 5.60. The first kappa shape index (κ1) is 12.6. The second kappa shape index (κ2) is 6.17. The third-order valence-electron chi connectivity index (χ3n) is 3.31. The van der Waals surface area contributed by atoms with Gasteiger partial charge < -0.3 is 10.1 Å². The van der Waals surface area contributed by atoms with Gasteiger partial charge in [0.1, 0.15) is 0 Å². The van der Waals surface area contributed by atoms with Crippen molar-refractivity contribution in [1.82, 2.24) is 15.1 Å². The van der Waals surface area contributed by atoms with Crippen molar-refractivity contribution in [3.05, 3.63) is 17.5 Å². The summed E-state index contributed by atoms with van der Waals surface area (Å²) < 4.78 is 7.50. The van der Waals surface area contributed by atoms with E-state index in [0.29, 0.717) is 6.10 Å². The molecule has 2 rings (SSSR count). The van der Waals surface area contributed by atoms with Crippen molar-refractivity contribution in [2.75, 3.05) is 13.2 Å². The molecule has 1 aliphatic rings. The fourth-order valence-corrected chi connectivity index (χ4v) is 2.39. The van der Waals surface area contributed by atoms with E-state index in [0.717, 1.165) is 32.5 Å². The molecule has 2 heterocycles. The van der Waals surface area contributed by atoms with Crippen LogP contribution in [0.1, 0.15) is 37.4 Å². The van der Waals surface area contributed by atoms with E-state index in [1.807, 2.05) is 11.7 Å². The minimum absolute atomic E-state index is 0.488. The minimum Gasteiger partial charge on any atom is -0.378 e. The highest BCUT2D eigenvalue weighted by Gasteiger charge is 2.14. The van der Waals surface area contributed by atoms with Gasteiger partial charge in [0.15, 0.2) is 0 Å². The average Bonchev–Trinajstić information content (AvgIpc) is 2.93. The summed E-state index contributed by atoms with van der Waals surface area (Å²) in [6.07, 6.45) is 7.19. The number of rotatable bonds is 6. The van der Waals surface area contributed by atoms with Crippen molar-refractivity contribution < 1.29 is 4.74 Å². The summed E-state index contributed by atoms with van der Waals surface area (Å²) >= 11 is 0. The molecular weight excluding hydrogens is 214 g/mol. The number of aryl methyl sites for hydroxylation is 2. The van der Waals surface area contributed by atoms with Gasteiger partial charge in [-0.1, -0.05) is 6.92 Å². The minimum atomic E-state index is 0.488. The maximum Gasteiger partial charge on any atom is 0.0666 e. The summed E-state index contributed by atoms with van der Waals surface area (Å²) in [5.74, 6) is 0. The van der Waals surface area contributed by atoms with Gasteiger partial charge in [-0.3, -0.25) is 4.68 Å². The smallest absolute Gasteiger partial charge is 0.0666 e. The lowest BCUT2D eigenvalue weighted by Crippen LogP contribution is -2.20. The Labute approximate surface area is 103 Å². The number of hydrogen-bond acceptors (Lipinski definition) is 3. The van der Waals surface area contributed by atoms with E-state index >= 15 is 0 Å². The van der Waals surface area contributed by atoms with Crippen molar-refractivity contribution in [3.8, 4) is 0 Å². The van der Waals surface area contributed by atoms with Crippen LogP contribution in [-0.4, -0.2) is 29.0 Å². The maximum absolute atomic E-state index is 5.60. The van der Waals surface area contributed by atoms with Gasteiger partial charge in [-0.25, -0.2) is 0 Å². The average molecular weight is 237 g/mol. The van der Waals surface area contributed by atoms with Gasteiger partial charge in [-0.05, 0) is 32.2 Å². The van der Waals surface area contributed by atoms with E-state index in [1.165, 1.54) is 24.1 Å². The molecule has 1 N–H and O–H groups in total. The molecular formula is C13H23N3O. The zero-order valence-electron chi connectivity index (χ0n) is 10.9. The van der Waals surface area contributed by atoms with Gasteiger partial charge in [0.25, 0.3) is 0 Å². The summed E-state index contributed by atoms with van der Waals surface area (Å²) in [7, 11) is 1.98. The Kier molecular flexibility index (Phi) is 4.57. The molecule has 17 heavy (non-hydrogen) atoms. The monoisotopic (exact) mass is 237 g/mol. The number of aromatic nitrogens is 2. The summed E-state index contributed by atoms with van der Waals surface area (Å²) in [5.41, 5.74) is 2.53. The molecule has 1 aliphatic heterocycles. The molecule has 0 spiro atoms. The van der Waals surface area contributed by atoms with Crippen LogP contribution in [-0.2, 0) is 24.8 Å². The summed E-state index contributed by atoms with van der Waals surface area (Å²) in [6, 6.07) is 0. The van der Waals surface area contributed by atoms with E-state index < -0.39 is 0 Å². The largest absolute Gasteiger partial charge is 0.378 e. The lowest BCUT2D eigenvalue weighted by Gasteiger charge is -2.09. The van der Waals surface area contributed by atoms with Crippen LogP contribution in [0, 0.1) is 0 Å². The van der Waals surface area contributed by atoms with Gasteiger partial charge in [-0.2, -0.15) is 5.10 Å².